The second kappa shape index (κ2) is 9.18. The first-order chi connectivity index (χ1) is 16.4. The second-order valence-electron chi connectivity index (χ2n) is 9.09. The van der Waals surface area contributed by atoms with E-state index in [1.165, 1.54) is 25.3 Å². The Hall–Kier alpha value is -3.26. The van der Waals surface area contributed by atoms with Crippen LogP contribution in [0.2, 0.25) is 0 Å². The fourth-order valence-electron chi connectivity index (χ4n) is 5.32. The van der Waals surface area contributed by atoms with Gasteiger partial charge in [-0.1, -0.05) is 6.08 Å². The molecule has 3 heterocycles. The van der Waals surface area contributed by atoms with Gasteiger partial charge < -0.3 is 14.8 Å². The van der Waals surface area contributed by atoms with Gasteiger partial charge in [0.25, 0.3) is 0 Å². The Kier molecular flexibility index (Phi) is 6.08. The predicted molar refractivity (Wildman–Crippen MR) is 126 cm³/mol. The minimum atomic E-state index is -0.682. The third-order valence-corrected chi connectivity index (χ3v) is 7.19. The van der Waals surface area contributed by atoms with Crippen LogP contribution in [0.4, 0.5) is 8.78 Å². The number of carbonyl (C=O) groups is 1. The Morgan fingerprint density at radius 3 is 2.68 bits per heavy atom. The lowest BCUT2D eigenvalue weighted by Gasteiger charge is -2.37. The molecule has 1 aliphatic carbocycles. The first-order valence-electron chi connectivity index (χ1n) is 11.6. The number of halogens is 2. The van der Waals surface area contributed by atoms with E-state index in [0.717, 1.165) is 62.7 Å². The van der Waals surface area contributed by atoms with Gasteiger partial charge in [0.05, 0.1) is 19.2 Å². The van der Waals surface area contributed by atoms with E-state index in [2.05, 4.69) is 20.9 Å². The van der Waals surface area contributed by atoms with Crippen LogP contribution in [0.25, 0.3) is 27.7 Å². The molecule has 6 nitrogen and oxygen atoms in total. The Labute approximate surface area is 196 Å². The van der Waals surface area contributed by atoms with Crippen LogP contribution in [-0.4, -0.2) is 52.2 Å². The smallest absolute Gasteiger partial charge is 0.306 e. The molecule has 0 spiro atoms. The number of carboxylic acids is 1. The molecule has 2 aromatic heterocycles. The molecule has 1 saturated carbocycles. The van der Waals surface area contributed by atoms with Gasteiger partial charge in [-0.15, -0.1) is 0 Å². The van der Waals surface area contributed by atoms with Crippen molar-refractivity contribution < 1.29 is 23.4 Å². The van der Waals surface area contributed by atoms with E-state index in [0.29, 0.717) is 28.4 Å². The number of carboxylic acid groups (broad SMARTS) is 1. The second-order valence-corrected chi connectivity index (χ2v) is 9.09. The van der Waals surface area contributed by atoms with Gasteiger partial charge in [0.1, 0.15) is 23.0 Å². The molecule has 1 aromatic carbocycles. The maximum Gasteiger partial charge on any atom is 0.306 e. The number of H-pyrrole nitrogens is 1. The molecule has 0 bridgehead atoms. The summed E-state index contributed by atoms with van der Waals surface area (Å²) in [6.07, 6.45) is 7.44. The highest BCUT2D eigenvalue weighted by Crippen LogP contribution is 2.38. The molecule has 0 radical (unpaired) electrons. The molecule has 178 valence electrons. The van der Waals surface area contributed by atoms with Gasteiger partial charge in [-0.2, -0.15) is 0 Å². The number of aromatic amines is 1. The minimum absolute atomic E-state index is 0.211. The van der Waals surface area contributed by atoms with E-state index in [-0.39, 0.29) is 11.5 Å². The lowest BCUT2D eigenvalue weighted by Crippen LogP contribution is -2.41. The molecular weight excluding hydrogens is 440 g/mol. The van der Waals surface area contributed by atoms with E-state index < -0.39 is 17.6 Å². The summed E-state index contributed by atoms with van der Waals surface area (Å²) < 4.78 is 34.3. The number of aromatic nitrogens is 2. The van der Waals surface area contributed by atoms with Crippen molar-refractivity contribution in [1.29, 1.82) is 0 Å². The summed E-state index contributed by atoms with van der Waals surface area (Å²) in [5.74, 6) is -1.51. The van der Waals surface area contributed by atoms with Crippen molar-refractivity contribution in [3.8, 4) is 16.9 Å². The lowest BCUT2D eigenvalue weighted by atomic mass is 9.85. The summed E-state index contributed by atoms with van der Waals surface area (Å²) in [6.45, 7) is 1.68. The Balaban J connectivity index is 1.41. The molecular formula is C26H27F2N3O3. The molecule has 34 heavy (non-hydrogen) atoms. The van der Waals surface area contributed by atoms with Crippen molar-refractivity contribution >= 4 is 22.6 Å². The Morgan fingerprint density at radius 2 is 2.00 bits per heavy atom. The summed E-state index contributed by atoms with van der Waals surface area (Å²) in [5.41, 5.74) is 3.15. The van der Waals surface area contributed by atoms with E-state index in [1.54, 1.807) is 0 Å². The molecule has 2 N–H and O–H groups in total. The summed E-state index contributed by atoms with van der Waals surface area (Å²) in [5, 5.41) is 9.81. The number of ether oxygens (including phenoxy) is 1. The zero-order valence-electron chi connectivity index (χ0n) is 19.0. The zero-order valence-corrected chi connectivity index (χ0v) is 19.0. The van der Waals surface area contributed by atoms with Crippen molar-refractivity contribution in [2.75, 3.05) is 20.2 Å². The Morgan fingerprint density at radius 1 is 1.21 bits per heavy atom. The molecule has 8 heteroatoms. The molecule has 3 aromatic rings. The maximum absolute atomic E-state index is 14.9. The van der Waals surface area contributed by atoms with E-state index >= 15 is 0 Å². The number of nitrogens with one attached hydrogen (secondary N) is 1. The van der Waals surface area contributed by atoms with Crippen LogP contribution in [0.1, 0.15) is 37.8 Å². The van der Waals surface area contributed by atoms with Gasteiger partial charge in [0.2, 0.25) is 0 Å². The van der Waals surface area contributed by atoms with Crippen molar-refractivity contribution in [3.05, 3.63) is 53.9 Å². The van der Waals surface area contributed by atoms with Gasteiger partial charge in [0.15, 0.2) is 0 Å². The zero-order chi connectivity index (χ0) is 23.8. The van der Waals surface area contributed by atoms with Crippen LogP contribution in [0.3, 0.4) is 0 Å². The normalized spacial score (nSPS) is 21.4. The highest BCUT2D eigenvalue weighted by Gasteiger charge is 2.30. The molecule has 0 saturated heterocycles. The van der Waals surface area contributed by atoms with Gasteiger partial charge in [-0.3, -0.25) is 9.69 Å². The fraction of sp³-hybridized carbons (Fsp3) is 0.385. The van der Waals surface area contributed by atoms with Crippen molar-refractivity contribution in [2.45, 2.75) is 38.1 Å². The highest BCUT2D eigenvalue weighted by atomic mass is 19.1. The van der Waals surface area contributed by atoms with Crippen LogP contribution >= 0.6 is 0 Å². The number of methoxy groups -OCH3 is 1. The first-order valence-corrected chi connectivity index (χ1v) is 11.6. The summed E-state index contributed by atoms with van der Waals surface area (Å²) in [4.78, 5) is 21.2. The average Bonchev–Trinajstić information content (AvgIpc) is 3.28. The maximum atomic E-state index is 14.9. The average molecular weight is 468 g/mol. The van der Waals surface area contributed by atoms with Gasteiger partial charge >= 0.3 is 5.97 Å². The SMILES string of the molecule is COc1ccc(F)cc1-c1c(F)cnc2[nH]c(C3=CCN([C@H]4CC[C@@H](C(=O)O)CC4)CC3)cc12. The number of hydrogen-bond donors (Lipinski definition) is 2. The number of benzene rings is 1. The molecule has 0 atom stereocenters. The largest absolute Gasteiger partial charge is 0.496 e. The predicted octanol–water partition coefficient (Wildman–Crippen LogP) is 5.25. The minimum Gasteiger partial charge on any atom is -0.496 e. The number of rotatable bonds is 5. The standard InChI is InChI=1S/C26H27F2N3O3/c1-34-23-7-4-17(27)12-19(23)24-20-13-22(30-25(20)29-14-21(24)28)15-8-10-31(11-9-15)18-5-2-16(3-6-18)26(32)33/h4,7-8,12-14,16,18H,2-3,5-6,9-11H2,1H3,(H,29,30)(H,32,33)/t16-,18+. The van der Waals surface area contributed by atoms with Crippen LogP contribution in [0, 0.1) is 17.6 Å². The molecule has 1 fully saturated rings. The molecule has 2 aliphatic rings. The fourth-order valence-corrected chi connectivity index (χ4v) is 5.32. The van der Waals surface area contributed by atoms with Crippen LogP contribution in [-0.2, 0) is 4.79 Å². The number of nitrogens with zero attached hydrogens (tertiary/aromatic N) is 2. The Bertz CT molecular complexity index is 1260. The van der Waals surface area contributed by atoms with Crippen molar-refractivity contribution in [2.24, 2.45) is 5.92 Å². The monoisotopic (exact) mass is 467 g/mol. The van der Waals surface area contributed by atoms with Gasteiger partial charge in [-0.05, 0) is 61.9 Å². The van der Waals surface area contributed by atoms with E-state index in [4.69, 9.17) is 4.74 Å². The van der Waals surface area contributed by atoms with Gasteiger partial charge in [-0.25, -0.2) is 13.8 Å². The number of hydrogen-bond acceptors (Lipinski definition) is 4. The van der Waals surface area contributed by atoms with Gasteiger partial charge in [0, 0.05) is 41.3 Å². The number of aliphatic carboxylic acids is 1. The van der Waals surface area contributed by atoms with Crippen LogP contribution in [0.5, 0.6) is 5.75 Å². The molecule has 5 rings (SSSR count). The van der Waals surface area contributed by atoms with Crippen molar-refractivity contribution in [3.63, 3.8) is 0 Å². The van der Waals surface area contributed by atoms with E-state index in [1.807, 2.05) is 6.07 Å². The molecule has 0 unspecified atom stereocenters. The summed E-state index contributed by atoms with van der Waals surface area (Å²) in [7, 11) is 1.47. The molecule has 1 aliphatic heterocycles. The lowest BCUT2D eigenvalue weighted by molar-refractivity contribution is -0.143. The third-order valence-electron chi connectivity index (χ3n) is 7.19. The number of fused-ring (bicyclic) bond motifs is 1. The van der Waals surface area contributed by atoms with Crippen LogP contribution < -0.4 is 4.74 Å². The topological polar surface area (TPSA) is 78.5 Å². The van der Waals surface area contributed by atoms with Crippen LogP contribution in [0.15, 0.2) is 36.5 Å². The number of pyridine rings is 1. The van der Waals surface area contributed by atoms with E-state index in [9.17, 15) is 18.7 Å². The van der Waals surface area contributed by atoms with Crippen molar-refractivity contribution in [1.82, 2.24) is 14.9 Å². The first kappa shape index (κ1) is 22.5. The molecule has 0 amide bonds. The quantitative estimate of drug-likeness (QED) is 0.536. The third kappa shape index (κ3) is 4.18. The highest BCUT2D eigenvalue weighted by molar-refractivity contribution is 5.97. The summed E-state index contributed by atoms with van der Waals surface area (Å²) >= 11 is 0. The summed E-state index contributed by atoms with van der Waals surface area (Å²) in [6, 6.07) is 6.35.